The highest BCUT2D eigenvalue weighted by molar-refractivity contribution is 7.49. The average molecular weight is 351 g/mol. The molecule has 1 saturated heterocycles. The van der Waals surface area contributed by atoms with Crippen molar-refractivity contribution in [3.63, 3.8) is 0 Å². The molecule has 2 aliphatic heterocycles. The molecule has 1 fully saturated rings. The predicted molar refractivity (Wildman–Crippen MR) is 89.5 cm³/mol. The molecule has 0 saturated carbocycles. The first-order valence-electron chi connectivity index (χ1n) is 7.86. The molecule has 24 heavy (non-hydrogen) atoms. The molecule has 1 N–H and O–H groups in total. The number of hydrogen-bond donors (Lipinski definition) is 1. The van der Waals surface area contributed by atoms with E-state index >= 15 is 0 Å². The third-order valence-electron chi connectivity index (χ3n) is 4.26. The molecule has 3 rings (SSSR count). The molecule has 0 radical (unpaired) electrons. The van der Waals surface area contributed by atoms with E-state index in [0.717, 1.165) is 5.57 Å². The van der Waals surface area contributed by atoms with Crippen LogP contribution in [-0.2, 0) is 23.6 Å². The van der Waals surface area contributed by atoms with Crippen LogP contribution in [0.15, 0.2) is 23.1 Å². The lowest BCUT2D eigenvalue weighted by molar-refractivity contribution is -0.152. The van der Waals surface area contributed by atoms with Crippen molar-refractivity contribution in [2.24, 2.45) is 0 Å². The zero-order chi connectivity index (χ0) is 17.4. The number of nitrogens with zero attached hydrogens (tertiary/aromatic N) is 1. The van der Waals surface area contributed by atoms with Crippen molar-refractivity contribution < 1.29 is 23.6 Å². The normalized spacial score (nSPS) is 25.7. The lowest BCUT2D eigenvalue weighted by Crippen LogP contribution is -2.71. The smallest absolute Gasteiger partial charge is 0.252 e. The number of hydrogen-bond acceptors (Lipinski definition) is 5. The van der Waals surface area contributed by atoms with Crippen molar-refractivity contribution in [1.29, 1.82) is 0 Å². The van der Waals surface area contributed by atoms with Crippen LogP contribution in [0.4, 0.5) is 0 Å². The van der Waals surface area contributed by atoms with Crippen LogP contribution >= 0.6 is 7.77 Å². The number of rotatable bonds is 6. The second kappa shape index (κ2) is 6.49. The molecule has 0 aromatic heterocycles. The summed E-state index contributed by atoms with van der Waals surface area (Å²) in [6.45, 7) is 4.01. The zero-order valence-corrected chi connectivity index (χ0v) is 14.6. The number of carbonyl (C=O) groups excluding carboxylic acids is 3. The topological polar surface area (TPSA) is 84.9 Å². The van der Waals surface area contributed by atoms with E-state index in [1.165, 1.54) is 11.0 Å². The Morgan fingerprint density at radius 2 is 2.25 bits per heavy atom. The van der Waals surface area contributed by atoms with Gasteiger partial charge in [0.05, 0.1) is 18.3 Å². The lowest BCUT2D eigenvalue weighted by Gasteiger charge is -2.49. The van der Waals surface area contributed by atoms with Gasteiger partial charge in [-0.1, -0.05) is 0 Å². The number of ketones is 1. The van der Waals surface area contributed by atoms with Gasteiger partial charge in [0.2, 0.25) is 13.6 Å². The second-order valence-electron chi connectivity index (χ2n) is 5.89. The summed E-state index contributed by atoms with van der Waals surface area (Å²) >= 11 is 0. The number of fused-ring (bicyclic) bond motifs is 2. The zero-order valence-electron chi connectivity index (χ0n) is 13.7. The molecule has 3 atom stereocenters. The Bertz CT molecular complexity index is 697. The van der Waals surface area contributed by atoms with Crippen LogP contribution in [-0.4, -0.2) is 60.8 Å². The fourth-order valence-electron chi connectivity index (χ4n) is 3.28. The summed E-state index contributed by atoms with van der Waals surface area (Å²) in [5, 5.41) is 2.70. The van der Waals surface area contributed by atoms with Gasteiger partial charge in [0.15, 0.2) is 6.61 Å². The summed E-state index contributed by atoms with van der Waals surface area (Å²) in [4.78, 5) is 38.0. The van der Waals surface area contributed by atoms with Gasteiger partial charge < -0.3 is 15.0 Å². The highest BCUT2D eigenvalue weighted by atomic mass is 31.1. The molecule has 0 aromatic rings. The molecule has 3 unspecified atom stereocenters. The van der Waals surface area contributed by atoms with Gasteiger partial charge in [0, 0.05) is 11.6 Å². The van der Waals surface area contributed by atoms with Crippen molar-refractivity contribution in [1.82, 2.24) is 10.2 Å². The molecular formula is C16H20N2O5P+. The Morgan fingerprint density at radius 1 is 1.50 bits per heavy atom. The van der Waals surface area contributed by atoms with Crippen LogP contribution in [0.5, 0.6) is 0 Å². The molecule has 0 aromatic carbocycles. The third-order valence-corrected chi connectivity index (χ3v) is 4.83. The predicted octanol–water partition coefficient (Wildman–Crippen LogP) is 0.708. The van der Waals surface area contributed by atoms with E-state index in [4.69, 9.17) is 9.26 Å². The van der Waals surface area contributed by atoms with Gasteiger partial charge in [-0.05, 0) is 19.8 Å². The number of carbonyl (C=O) groups is 3. The molecule has 0 spiro atoms. The number of nitrogens with one attached hydrogen (secondary N) is 1. The third kappa shape index (κ3) is 2.78. The molecule has 128 valence electrons. The summed E-state index contributed by atoms with van der Waals surface area (Å²) < 4.78 is 10.7. The Balaban J connectivity index is 1.69. The van der Waals surface area contributed by atoms with E-state index in [2.05, 4.69) is 11.6 Å². The van der Waals surface area contributed by atoms with Crippen LogP contribution in [0.1, 0.15) is 19.8 Å². The molecule has 8 heteroatoms. The van der Waals surface area contributed by atoms with Crippen LogP contribution < -0.4 is 5.32 Å². The highest BCUT2D eigenvalue weighted by Gasteiger charge is 2.54. The molecule has 3 aliphatic rings. The summed E-state index contributed by atoms with van der Waals surface area (Å²) in [5.74, 6) is -0.227. The van der Waals surface area contributed by atoms with Gasteiger partial charge in [-0.3, -0.25) is 14.4 Å². The molecule has 2 amide bonds. The second-order valence-corrected chi connectivity index (χ2v) is 7.41. The van der Waals surface area contributed by atoms with Crippen LogP contribution in [0.25, 0.3) is 0 Å². The van der Waals surface area contributed by atoms with Gasteiger partial charge in [-0.25, -0.2) is 0 Å². The maximum Gasteiger partial charge on any atom is 0.252 e. The van der Waals surface area contributed by atoms with E-state index in [-0.39, 0.29) is 30.2 Å². The number of ether oxygens (including phenoxy) is 1. The van der Waals surface area contributed by atoms with Crippen LogP contribution in [0, 0.1) is 0 Å². The van der Waals surface area contributed by atoms with Crippen molar-refractivity contribution in [3.8, 4) is 0 Å². The maximum absolute atomic E-state index is 12.4. The Labute approximate surface area is 141 Å². The largest absolute Gasteiger partial charge is 0.493 e. The van der Waals surface area contributed by atoms with E-state index in [1.54, 1.807) is 6.66 Å². The molecule has 7 nitrogen and oxygen atoms in total. The van der Waals surface area contributed by atoms with E-state index in [9.17, 15) is 14.4 Å². The van der Waals surface area contributed by atoms with Crippen molar-refractivity contribution in [2.45, 2.75) is 31.8 Å². The summed E-state index contributed by atoms with van der Waals surface area (Å²) in [5.41, 5.74) is 1.21. The number of amides is 2. The van der Waals surface area contributed by atoms with E-state index in [0.29, 0.717) is 30.9 Å². The first-order valence-corrected chi connectivity index (χ1v) is 9.75. The first kappa shape index (κ1) is 16.9. The minimum atomic E-state index is -0.872. The Kier molecular flexibility index (Phi) is 4.56. The minimum absolute atomic E-state index is 0.106. The summed E-state index contributed by atoms with van der Waals surface area (Å²) in [7, 11) is -0.872. The quantitative estimate of drug-likeness (QED) is 0.563. The SMILES string of the molecule is C=[P+](C)OCC(=O)NC1C(=O)N2C3=C(CCC12)C(OCC)=CC3=O. The average Bonchev–Trinajstić information content (AvgIpc) is 2.85. The van der Waals surface area contributed by atoms with Crippen LogP contribution in [0.2, 0.25) is 0 Å². The Hall–Kier alpha value is -1.98. The maximum atomic E-state index is 12.4. The van der Waals surface area contributed by atoms with Gasteiger partial charge in [0.25, 0.3) is 11.8 Å². The molecular weight excluding hydrogens is 331 g/mol. The number of β-lactam (4-membered cyclic amide) rings is 1. The van der Waals surface area contributed by atoms with Gasteiger partial charge >= 0.3 is 0 Å². The standard InChI is InChI=1S/C16H19N2O5P/c1-4-22-12-7-11(19)15-9(12)5-6-10-14(16(21)18(10)15)17-13(20)8-23-24(2)3/h7,10,14H,2,4-6,8H2,1,3H3/p+1. The van der Waals surface area contributed by atoms with E-state index < -0.39 is 13.8 Å². The fourth-order valence-corrected chi connectivity index (χ4v) is 3.62. The van der Waals surface area contributed by atoms with Gasteiger partial charge in [0.1, 0.15) is 24.8 Å². The first-order chi connectivity index (χ1) is 11.4. The Morgan fingerprint density at radius 3 is 2.92 bits per heavy atom. The lowest BCUT2D eigenvalue weighted by atomic mass is 9.84. The summed E-state index contributed by atoms with van der Waals surface area (Å²) in [6.07, 6.45) is 6.48. The van der Waals surface area contributed by atoms with Crippen molar-refractivity contribution >= 4 is 31.7 Å². The van der Waals surface area contributed by atoms with Gasteiger partial charge in [-0.2, -0.15) is 4.52 Å². The highest BCUT2D eigenvalue weighted by Crippen LogP contribution is 2.42. The van der Waals surface area contributed by atoms with Crippen LogP contribution in [0.3, 0.4) is 0 Å². The molecule has 2 heterocycles. The van der Waals surface area contributed by atoms with Crippen molar-refractivity contribution in [2.75, 3.05) is 19.9 Å². The molecule has 0 bridgehead atoms. The summed E-state index contributed by atoms with van der Waals surface area (Å²) in [6, 6.07) is -0.770. The number of allylic oxidation sites excluding steroid dienone is 2. The van der Waals surface area contributed by atoms with E-state index in [1.807, 2.05) is 6.92 Å². The molecule has 1 aliphatic carbocycles. The van der Waals surface area contributed by atoms with Crippen molar-refractivity contribution in [3.05, 3.63) is 23.1 Å². The monoisotopic (exact) mass is 351 g/mol. The fraction of sp³-hybridized carbons (Fsp3) is 0.500. The van der Waals surface area contributed by atoms with Gasteiger partial charge in [-0.15, -0.1) is 0 Å². The minimum Gasteiger partial charge on any atom is -0.493 e.